The number of rotatable bonds is 2. The second-order valence-electron chi connectivity index (χ2n) is 3.18. The molecule has 13 heavy (non-hydrogen) atoms. The maximum absolute atomic E-state index is 10.9. The van der Waals surface area contributed by atoms with Gasteiger partial charge in [0.25, 0.3) is 0 Å². The lowest BCUT2D eigenvalue weighted by Gasteiger charge is -2.13. The molecular formula is C9H13O3P. The summed E-state index contributed by atoms with van der Waals surface area (Å²) < 4.78 is 10.9. The second kappa shape index (κ2) is 3.62. The van der Waals surface area contributed by atoms with E-state index < -0.39 is 13.3 Å². The first-order chi connectivity index (χ1) is 5.91. The van der Waals surface area contributed by atoms with E-state index in [-0.39, 0.29) is 0 Å². The summed E-state index contributed by atoms with van der Waals surface area (Å²) in [6, 6.07) is 7.20. The molecule has 1 aromatic rings. The van der Waals surface area contributed by atoms with Crippen LogP contribution in [0.2, 0.25) is 0 Å². The van der Waals surface area contributed by atoms with Crippen molar-refractivity contribution in [2.24, 2.45) is 0 Å². The van der Waals surface area contributed by atoms with E-state index in [9.17, 15) is 4.57 Å². The van der Waals surface area contributed by atoms with Gasteiger partial charge in [0.1, 0.15) is 0 Å². The van der Waals surface area contributed by atoms with Crippen molar-refractivity contribution in [2.75, 3.05) is 0 Å². The Morgan fingerprint density at radius 1 is 1.23 bits per heavy atom. The SMILES string of the molecule is Cc1ccc([C@H](C)P(=O)(O)O)cc1. The fourth-order valence-electron chi connectivity index (χ4n) is 1.04. The first-order valence-electron chi connectivity index (χ1n) is 4.03. The topological polar surface area (TPSA) is 57.5 Å². The summed E-state index contributed by atoms with van der Waals surface area (Å²) in [5.74, 6) is 0. The molecule has 1 rings (SSSR count). The molecule has 0 aromatic heterocycles. The van der Waals surface area contributed by atoms with Gasteiger partial charge < -0.3 is 9.79 Å². The van der Waals surface area contributed by atoms with Crippen molar-refractivity contribution < 1.29 is 14.4 Å². The zero-order valence-electron chi connectivity index (χ0n) is 7.64. The Bertz CT molecular complexity index is 325. The molecule has 0 spiro atoms. The van der Waals surface area contributed by atoms with Crippen molar-refractivity contribution in [3.63, 3.8) is 0 Å². The molecule has 1 atom stereocenters. The Balaban J connectivity index is 2.97. The molecule has 1 aromatic carbocycles. The maximum Gasteiger partial charge on any atom is 0.332 e. The van der Waals surface area contributed by atoms with E-state index in [4.69, 9.17) is 9.79 Å². The van der Waals surface area contributed by atoms with Gasteiger partial charge in [-0.1, -0.05) is 29.8 Å². The van der Waals surface area contributed by atoms with Gasteiger partial charge in [-0.3, -0.25) is 4.57 Å². The molecule has 3 nitrogen and oxygen atoms in total. The highest BCUT2D eigenvalue weighted by Crippen LogP contribution is 2.51. The number of benzene rings is 1. The van der Waals surface area contributed by atoms with Gasteiger partial charge >= 0.3 is 7.60 Å². The summed E-state index contributed by atoms with van der Waals surface area (Å²) in [6.45, 7) is 3.47. The summed E-state index contributed by atoms with van der Waals surface area (Å²) in [7, 11) is -3.99. The van der Waals surface area contributed by atoms with Crippen LogP contribution in [0.4, 0.5) is 0 Å². The number of aryl methyl sites for hydroxylation is 1. The minimum absolute atomic E-state index is 0.680. The van der Waals surface area contributed by atoms with E-state index in [1.54, 1.807) is 12.1 Å². The Morgan fingerprint density at radius 2 is 1.69 bits per heavy atom. The van der Waals surface area contributed by atoms with Crippen molar-refractivity contribution in [3.8, 4) is 0 Å². The Hall–Kier alpha value is -0.630. The molecule has 0 fully saturated rings. The predicted molar refractivity (Wildman–Crippen MR) is 51.6 cm³/mol. The normalized spacial score (nSPS) is 14.2. The third kappa shape index (κ3) is 2.66. The van der Waals surface area contributed by atoms with Crippen LogP contribution in [0.15, 0.2) is 24.3 Å². The third-order valence-electron chi connectivity index (χ3n) is 2.06. The fraction of sp³-hybridized carbons (Fsp3) is 0.333. The van der Waals surface area contributed by atoms with E-state index >= 15 is 0 Å². The smallest absolute Gasteiger partial charge is 0.324 e. The zero-order chi connectivity index (χ0) is 10.1. The Labute approximate surface area is 77.6 Å². The monoisotopic (exact) mass is 200 g/mol. The summed E-state index contributed by atoms with van der Waals surface area (Å²) in [6.07, 6.45) is 0. The fourth-order valence-corrected chi connectivity index (χ4v) is 1.60. The van der Waals surface area contributed by atoms with Gasteiger partial charge in [0, 0.05) is 0 Å². The molecule has 4 heteroatoms. The van der Waals surface area contributed by atoms with Gasteiger partial charge in [0.2, 0.25) is 0 Å². The summed E-state index contributed by atoms with van der Waals surface area (Å²) in [5.41, 5.74) is 1.05. The van der Waals surface area contributed by atoms with Gasteiger partial charge in [-0.15, -0.1) is 0 Å². The van der Waals surface area contributed by atoms with Gasteiger partial charge in [0.15, 0.2) is 0 Å². The third-order valence-corrected chi connectivity index (χ3v) is 3.37. The molecule has 72 valence electrons. The predicted octanol–water partition coefficient (Wildman–Crippen LogP) is 2.23. The van der Waals surface area contributed by atoms with E-state index in [2.05, 4.69) is 0 Å². The summed E-state index contributed by atoms with van der Waals surface area (Å²) >= 11 is 0. The molecule has 0 aliphatic carbocycles. The van der Waals surface area contributed by atoms with Crippen LogP contribution >= 0.6 is 7.60 Å². The van der Waals surface area contributed by atoms with Crippen LogP contribution in [0, 0.1) is 6.92 Å². The standard InChI is InChI=1S/C9H13O3P/c1-7-3-5-9(6-4-7)8(2)13(10,11)12/h3-6,8H,1-2H3,(H2,10,11,12)/t8-/m0/s1. The Morgan fingerprint density at radius 3 is 2.08 bits per heavy atom. The molecular weight excluding hydrogens is 187 g/mol. The second-order valence-corrected chi connectivity index (χ2v) is 5.13. The average Bonchev–Trinajstić information content (AvgIpc) is 2.03. The molecule has 0 radical (unpaired) electrons. The maximum atomic E-state index is 10.9. The van der Waals surface area contributed by atoms with E-state index in [1.165, 1.54) is 6.92 Å². The molecule has 0 saturated carbocycles. The molecule has 0 amide bonds. The van der Waals surface area contributed by atoms with Crippen LogP contribution in [-0.4, -0.2) is 9.79 Å². The minimum Gasteiger partial charge on any atom is -0.324 e. The minimum atomic E-state index is -3.99. The van der Waals surface area contributed by atoms with Crippen LogP contribution in [-0.2, 0) is 4.57 Å². The highest BCUT2D eigenvalue weighted by atomic mass is 31.2. The molecule has 0 bridgehead atoms. The quantitative estimate of drug-likeness (QED) is 0.719. The van der Waals surface area contributed by atoms with Crippen molar-refractivity contribution in [2.45, 2.75) is 19.5 Å². The first-order valence-corrected chi connectivity index (χ1v) is 5.71. The van der Waals surface area contributed by atoms with Crippen LogP contribution < -0.4 is 0 Å². The number of hydrogen-bond acceptors (Lipinski definition) is 1. The summed E-state index contributed by atoms with van der Waals surface area (Å²) in [5, 5.41) is 0. The van der Waals surface area contributed by atoms with Crippen LogP contribution in [0.5, 0.6) is 0 Å². The summed E-state index contributed by atoms with van der Waals surface area (Å²) in [4.78, 5) is 17.8. The van der Waals surface area contributed by atoms with E-state index in [0.717, 1.165) is 5.56 Å². The van der Waals surface area contributed by atoms with Crippen molar-refractivity contribution in [1.29, 1.82) is 0 Å². The van der Waals surface area contributed by atoms with Gasteiger partial charge in [-0.25, -0.2) is 0 Å². The van der Waals surface area contributed by atoms with Gasteiger partial charge in [-0.2, -0.15) is 0 Å². The molecule has 2 N–H and O–H groups in total. The van der Waals surface area contributed by atoms with Crippen LogP contribution in [0.25, 0.3) is 0 Å². The highest BCUT2D eigenvalue weighted by molar-refractivity contribution is 7.52. The first kappa shape index (κ1) is 10.5. The van der Waals surface area contributed by atoms with E-state index in [0.29, 0.717) is 5.56 Å². The molecule has 0 aliphatic rings. The lowest BCUT2D eigenvalue weighted by atomic mass is 10.1. The van der Waals surface area contributed by atoms with Crippen LogP contribution in [0.3, 0.4) is 0 Å². The molecule has 0 heterocycles. The lowest BCUT2D eigenvalue weighted by Crippen LogP contribution is -1.94. The van der Waals surface area contributed by atoms with Gasteiger partial charge in [-0.05, 0) is 19.4 Å². The number of hydrogen-bond donors (Lipinski definition) is 2. The molecule has 0 unspecified atom stereocenters. The van der Waals surface area contributed by atoms with Crippen molar-refractivity contribution in [1.82, 2.24) is 0 Å². The largest absolute Gasteiger partial charge is 0.332 e. The van der Waals surface area contributed by atoms with E-state index in [1.807, 2.05) is 19.1 Å². The molecule has 0 aliphatic heterocycles. The zero-order valence-corrected chi connectivity index (χ0v) is 8.53. The van der Waals surface area contributed by atoms with Crippen LogP contribution in [0.1, 0.15) is 23.7 Å². The van der Waals surface area contributed by atoms with Crippen molar-refractivity contribution >= 4 is 7.60 Å². The van der Waals surface area contributed by atoms with Gasteiger partial charge in [0.05, 0.1) is 5.66 Å². The highest BCUT2D eigenvalue weighted by Gasteiger charge is 2.24. The average molecular weight is 200 g/mol. The lowest BCUT2D eigenvalue weighted by molar-refractivity contribution is 0.362. The molecule has 0 saturated heterocycles. The van der Waals surface area contributed by atoms with Crippen molar-refractivity contribution in [3.05, 3.63) is 35.4 Å². The Kier molecular flexibility index (Phi) is 2.91.